The van der Waals surface area contributed by atoms with Crippen LogP contribution in [0.4, 0.5) is 17.6 Å². The second kappa shape index (κ2) is 67.8. The molecule has 0 bridgehead atoms. The number of aromatic amines is 1. The fourth-order valence-corrected chi connectivity index (χ4v) is 3.30. The van der Waals surface area contributed by atoms with Gasteiger partial charge in [-0.3, -0.25) is 5.10 Å². The molecule has 0 amide bonds. The van der Waals surface area contributed by atoms with E-state index >= 15 is 0 Å². The standard InChI is InChI=1S/C5H9N.C5H8O.C4H2F4O2.C4H7NO.C4H7NS.C4H7N.C2H3N3.7C2H6/c2*1-2-4-6-5-3-1;5-3(6)4(7,8)10-2-1-9-3;2*1-3-6-4-2-5-1;1-2-4-5-3-1;1-3-2-5-4-1;7*1-2/h2,4,6H,1,3,5H2;2,4H,1,3,5H2;1-2H;2*1,3,5H,2,4H2;1,3,5H,2,4H2;1-2H,(H,3,4,5);7*1-2H3. The third-order valence-electron chi connectivity index (χ3n) is 4.89. The highest BCUT2D eigenvalue weighted by atomic mass is 32.2. The van der Waals surface area contributed by atoms with Crippen LogP contribution in [-0.4, -0.2) is 72.5 Å². The van der Waals surface area contributed by atoms with Crippen molar-refractivity contribution in [3.8, 4) is 0 Å². The Bertz CT molecular complexity index is 828. The Morgan fingerprint density at radius 2 is 1.03 bits per heavy atom. The summed E-state index contributed by atoms with van der Waals surface area (Å²) in [6.45, 7) is 34.1. The number of hydrogen-bond acceptors (Lipinski definition) is 11. The Morgan fingerprint density at radius 1 is 0.517 bits per heavy atom. The molecule has 58 heavy (non-hydrogen) atoms. The van der Waals surface area contributed by atoms with Crippen molar-refractivity contribution in [2.24, 2.45) is 0 Å². The van der Waals surface area contributed by atoms with Crippen molar-refractivity contribution in [2.45, 2.75) is 141 Å². The molecule has 0 atom stereocenters. The third kappa shape index (κ3) is 58.8. The summed E-state index contributed by atoms with van der Waals surface area (Å²) in [6, 6.07) is 0. The molecule has 0 unspecified atom stereocenters. The van der Waals surface area contributed by atoms with Gasteiger partial charge in [0.15, 0.2) is 0 Å². The number of alkyl halides is 4. The van der Waals surface area contributed by atoms with Gasteiger partial charge < -0.3 is 40.2 Å². The molecule has 0 radical (unpaired) electrons. The van der Waals surface area contributed by atoms with E-state index in [2.05, 4.69) is 63.5 Å². The first-order chi connectivity index (χ1) is 28.5. The first-order valence-electron chi connectivity index (χ1n) is 21.0. The molecular weight excluding hydrogens is 775 g/mol. The summed E-state index contributed by atoms with van der Waals surface area (Å²) in [6.07, 6.45) is 18.2. The normalized spacial score (nSPS) is 15.8. The van der Waals surface area contributed by atoms with Crippen molar-refractivity contribution >= 4 is 11.8 Å². The Balaban J connectivity index is -0.000000100. The fraction of sp³-hybridized carbons (Fsp3) is 0.667. The lowest BCUT2D eigenvalue weighted by molar-refractivity contribution is -0.417. The largest absolute Gasteiger partial charge is 0.507 e. The second-order valence-corrected chi connectivity index (χ2v) is 9.49. The molecule has 16 heteroatoms. The maximum atomic E-state index is 11.8. The van der Waals surface area contributed by atoms with Gasteiger partial charge >= 0.3 is 12.2 Å². The summed E-state index contributed by atoms with van der Waals surface area (Å²) in [5.74, 6) is 1.22. The molecule has 0 spiro atoms. The number of rotatable bonds is 0. The number of ether oxygens (including phenoxy) is 4. The van der Waals surface area contributed by atoms with Gasteiger partial charge in [0.2, 0.25) is 0 Å². The van der Waals surface area contributed by atoms with Crippen molar-refractivity contribution in [3.63, 3.8) is 0 Å². The van der Waals surface area contributed by atoms with E-state index < -0.39 is 12.2 Å². The van der Waals surface area contributed by atoms with Crippen LogP contribution >= 0.6 is 11.8 Å². The molecule has 6 aliphatic rings. The van der Waals surface area contributed by atoms with E-state index in [0.29, 0.717) is 12.5 Å². The Labute approximate surface area is 356 Å². The topological polar surface area (TPSA) is 127 Å². The molecule has 11 nitrogen and oxygen atoms in total. The van der Waals surface area contributed by atoms with E-state index in [0.717, 1.165) is 39.4 Å². The monoisotopic (exact) mass is 860 g/mol. The highest BCUT2D eigenvalue weighted by molar-refractivity contribution is 8.02. The Hall–Kier alpha value is -3.95. The van der Waals surface area contributed by atoms with Gasteiger partial charge in [-0.05, 0) is 56.0 Å². The summed E-state index contributed by atoms with van der Waals surface area (Å²) in [7, 11) is 0. The Morgan fingerprint density at radius 3 is 1.17 bits per heavy atom. The maximum absolute atomic E-state index is 11.8. The van der Waals surface area contributed by atoms with Crippen LogP contribution in [0.2, 0.25) is 0 Å². The lowest BCUT2D eigenvalue weighted by atomic mass is 10.2. The van der Waals surface area contributed by atoms with E-state index in [1.807, 2.05) is 133 Å². The lowest BCUT2D eigenvalue weighted by Crippen LogP contribution is -2.44. The van der Waals surface area contributed by atoms with Crippen LogP contribution in [0.1, 0.15) is 129 Å². The van der Waals surface area contributed by atoms with Crippen LogP contribution < -0.4 is 21.3 Å². The Kier molecular flexibility index (Phi) is 80.3. The summed E-state index contributed by atoms with van der Waals surface area (Å²) >= 11 is 1.85. The van der Waals surface area contributed by atoms with Crippen molar-refractivity contribution in [1.29, 1.82) is 0 Å². The third-order valence-corrected chi connectivity index (χ3v) is 5.66. The van der Waals surface area contributed by atoms with Crippen molar-refractivity contribution in [1.82, 2.24) is 36.4 Å². The minimum atomic E-state index is -4.57. The van der Waals surface area contributed by atoms with Gasteiger partial charge in [-0.25, -0.2) is 4.98 Å². The van der Waals surface area contributed by atoms with Crippen LogP contribution in [0.15, 0.2) is 86.1 Å². The number of aromatic nitrogens is 3. The van der Waals surface area contributed by atoms with Crippen LogP contribution in [-0.2, 0) is 18.9 Å². The molecule has 1 aromatic heterocycles. The van der Waals surface area contributed by atoms with Gasteiger partial charge in [-0.15, -0.1) is 11.8 Å². The average molecular weight is 860 g/mol. The summed E-state index contributed by atoms with van der Waals surface area (Å²) < 4.78 is 63.6. The maximum Gasteiger partial charge on any atom is 0.507 e. The van der Waals surface area contributed by atoms with Crippen molar-refractivity contribution in [2.75, 3.05) is 45.1 Å². The first-order valence-corrected chi connectivity index (χ1v) is 22.1. The molecule has 0 saturated carbocycles. The summed E-state index contributed by atoms with van der Waals surface area (Å²) in [4.78, 5) is 3.56. The number of hydrogen-bond donors (Lipinski definition) is 5. The molecule has 346 valence electrons. The van der Waals surface area contributed by atoms with E-state index in [9.17, 15) is 17.6 Å². The van der Waals surface area contributed by atoms with Gasteiger partial charge in [0.25, 0.3) is 0 Å². The van der Waals surface area contributed by atoms with E-state index in [4.69, 9.17) is 9.47 Å². The number of nitrogens with zero attached hydrogens (tertiary/aromatic N) is 2. The molecule has 7 rings (SSSR count). The van der Waals surface area contributed by atoms with Gasteiger partial charge in [0, 0.05) is 44.3 Å². The van der Waals surface area contributed by atoms with Crippen LogP contribution in [0.5, 0.6) is 0 Å². The average Bonchev–Trinajstić information content (AvgIpc) is 4.15. The van der Waals surface area contributed by atoms with Crippen LogP contribution in [0.3, 0.4) is 0 Å². The van der Waals surface area contributed by atoms with Crippen molar-refractivity contribution < 1.29 is 36.5 Å². The number of thioether (sulfide) groups is 1. The van der Waals surface area contributed by atoms with Gasteiger partial charge in [0.05, 0.1) is 19.1 Å². The molecule has 0 saturated heterocycles. The zero-order valence-electron chi connectivity index (χ0n) is 38.5. The smallest absolute Gasteiger partial charge is 0.502 e. The molecule has 0 aliphatic carbocycles. The van der Waals surface area contributed by atoms with Gasteiger partial charge in [0.1, 0.15) is 31.8 Å². The molecular formula is C42H85F4N7O4S. The molecule has 6 aliphatic heterocycles. The number of H-pyrrole nitrogens is 1. The predicted octanol–water partition coefficient (Wildman–Crippen LogP) is 12.2. The zero-order chi connectivity index (χ0) is 45.9. The molecule has 5 N–H and O–H groups in total. The summed E-state index contributed by atoms with van der Waals surface area (Å²) in [5, 5.41) is 20.3. The number of nitrogens with one attached hydrogen (secondary N) is 5. The molecule has 0 fully saturated rings. The summed E-state index contributed by atoms with van der Waals surface area (Å²) in [5.41, 5.74) is 0. The van der Waals surface area contributed by atoms with Gasteiger partial charge in [-0.2, -0.15) is 22.7 Å². The highest BCUT2D eigenvalue weighted by Crippen LogP contribution is 2.38. The van der Waals surface area contributed by atoms with Crippen LogP contribution in [0, 0.1) is 0 Å². The quantitative estimate of drug-likeness (QED) is 0.160. The van der Waals surface area contributed by atoms with E-state index in [1.54, 1.807) is 18.7 Å². The van der Waals surface area contributed by atoms with Gasteiger partial charge in [-0.1, -0.05) is 109 Å². The molecule has 7 heterocycles. The minimum Gasteiger partial charge on any atom is -0.502 e. The minimum absolute atomic E-state index is 0.359. The first kappa shape index (κ1) is 68.7. The zero-order valence-corrected chi connectivity index (χ0v) is 39.3. The fourth-order valence-electron chi connectivity index (χ4n) is 2.74. The predicted molar refractivity (Wildman–Crippen MR) is 242 cm³/mol. The van der Waals surface area contributed by atoms with E-state index in [1.165, 1.54) is 50.5 Å². The lowest BCUT2D eigenvalue weighted by Gasteiger charge is -2.26. The SMILES string of the molecule is C1=CNCC1.C1=CNCCC1.C1=COCCC1.C1=COCCN1.C1=CSCCN1.CC.CC.CC.CC.CC.CC.CC.FC1(F)OC=COC1(F)F.c1nc[nH]n1. The second-order valence-electron chi connectivity index (χ2n) is 8.48. The molecule has 1 aromatic rings. The molecule has 0 aromatic carbocycles. The van der Waals surface area contributed by atoms with E-state index in [-0.39, 0.29) is 0 Å². The van der Waals surface area contributed by atoms with Crippen LogP contribution in [0.25, 0.3) is 0 Å². The number of halogens is 4. The number of allylic oxidation sites excluding steroid dienone is 2. The van der Waals surface area contributed by atoms with Crippen molar-refractivity contribution in [3.05, 3.63) is 86.1 Å². The highest BCUT2D eigenvalue weighted by Gasteiger charge is 2.63.